The Kier molecular flexibility index (Phi) is 3.93. The molecule has 0 saturated heterocycles. The van der Waals surface area contributed by atoms with Gasteiger partial charge in [-0.15, -0.1) is 10.2 Å². The van der Waals surface area contributed by atoms with Crippen molar-refractivity contribution in [1.82, 2.24) is 10.2 Å². The minimum atomic E-state index is -0.231. The molecule has 0 aliphatic carbocycles. The van der Waals surface area contributed by atoms with E-state index in [-0.39, 0.29) is 11.1 Å². The third-order valence-electron chi connectivity index (χ3n) is 2.32. The van der Waals surface area contributed by atoms with Gasteiger partial charge in [-0.3, -0.25) is 4.79 Å². The lowest BCUT2D eigenvalue weighted by Gasteiger charge is -2.07. The Labute approximate surface area is 118 Å². The lowest BCUT2D eigenvalue weighted by Crippen LogP contribution is -2.14. The highest BCUT2D eigenvalue weighted by molar-refractivity contribution is 9.10. The molecule has 4 nitrogen and oxygen atoms in total. The Hall–Kier alpha value is -1.46. The highest BCUT2D eigenvalue weighted by Crippen LogP contribution is 2.17. The number of carbonyl (C=O) groups excluding carboxylic acids is 1. The molecule has 6 heteroatoms. The molecule has 92 valence electrons. The Morgan fingerprint density at radius 3 is 2.72 bits per heavy atom. The van der Waals surface area contributed by atoms with Crippen LogP contribution < -0.4 is 5.32 Å². The van der Waals surface area contributed by atoms with Crippen LogP contribution in [0.1, 0.15) is 15.9 Å². The Morgan fingerprint density at radius 2 is 2.06 bits per heavy atom. The summed E-state index contributed by atoms with van der Waals surface area (Å²) in [6.45, 7) is 1.87. The predicted molar refractivity (Wildman–Crippen MR) is 73.9 cm³/mol. The molecule has 0 unspecified atom stereocenters. The molecule has 2 rings (SSSR count). The van der Waals surface area contributed by atoms with Gasteiger partial charge >= 0.3 is 0 Å². The number of anilines is 1. The topological polar surface area (TPSA) is 54.9 Å². The summed E-state index contributed by atoms with van der Waals surface area (Å²) in [7, 11) is 0. The first-order valence-corrected chi connectivity index (χ1v) is 6.30. The van der Waals surface area contributed by atoms with Crippen LogP contribution in [0.5, 0.6) is 0 Å². The lowest BCUT2D eigenvalue weighted by molar-refractivity contribution is 0.102. The monoisotopic (exact) mass is 325 g/mol. The fourth-order valence-electron chi connectivity index (χ4n) is 1.41. The van der Waals surface area contributed by atoms with E-state index in [4.69, 9.17) is 11.6 Å². The first kappa shape index (κ1) is 13.0. The van der Waals surface area contributed by atoms with Gasteiger partial charge in [-0.1, -0.05) is 33.6 Å². The van der Waals surface area contributed by atoms with Gasteiger partial charge in [-0.05, 0) is 36.8 Å². The summed E-state index contributed by atoms with van der Waals surface area (Å²) in [5, 5.41) is 10.4. The first-order chi connectivity index (χ1) is 8.56. The van der Waals surface area contributed by atoms with Crippen molar-refractivity contribution in [3.05, 3.63) is 51.1 Å². The number of amides is 1. The molecule has 2 aromatic rings. The third kappa shape index (κ3) is 3.05. The van der Waals surface area contributed by atoms with E-state index >= 15 is 0 Å². The van der Waals surface area contributed by atoms with Crippen molar-refractivity contribution in [3.8, 4) is 0 Å². The van der Waals surface area contributed by atoms with Gasteiger partial charge in [0.05, 0.1) is 0 Å². The van der Waals surface area contributed by atoms with Crippen molar-refractivity contribution in [2.75, 3.05) is 5.32 Å². The normalized spacial score (nSPS) is 10.2. The van der Waals surface area contributed by atoms with Crippen molar-refractivity contribution in [3.63, 3.8) is 0 Å². The van der Waals surface area contributed by atoms with Gasteiger partial charge < -0.3 is 5.32 Å². The van der Waals surface area contributed by atoms with Gasteiger partial charge in [0.2, 0.25) is 0 Å². The van der Waals surface area contributed by atoms with Crippen molar-refractivity contribution in [2.24, 2.45) is 0 Å². The maximum absolute atomic E-state index is 12.0. The van der Waals surface area contributed by atoms with Crippen molar-refractivity contribution in [1.29, 1.82) is 0 Å². The van der Waals surface area contributed by atoms with Crippen LogP contribution in [0.25, 0.3) is 0 Å². The number of hydrogen-bond donors (Lipinski definition) is 1. The Balaban J connectivity index is 2.21. The molecule has 1 aromatic heterocycles. The predicted octanol–water partition coefficient (Wildman–Crippen LogP) is 3.45. The SMILES string of the molecule is Cc1ccc(Br)cc1C(=O)Nc1ccc(Cl)nn1. The summed E-state index contributed by atoms with van der Waals surface area (Å²) in [4.78, 5) is 12.0. The summed E-state index contributed by atoms with van der Waals surface area (Å²) in [5.41, 5.74) is 1.47. The van der Waals surface area contributed by atoms with Crippen LogP contribution in [0.15, 0.2) is 34.8 Å². The highest BCUT2D eigenvalue weighted by atomic mass is 79.9. The van der Waals surface area contributed by atoms with E-state index in [1.54, 1.807) is 18.2 Å². The zero-order chi connectivity index (χ0) is 13.1. The van der Waals surface area contributed by atoms with Gasteiger partial charge in [-0.25, -0.2) is 0 Å². The molecule has 0 aliphatic rings. The van der Waals surface area contributed by atoms with Crippen LogP contribution in [0.3, 0.4) is 0 Å². The van der Waals surface area contributed by atoms with Gasteiger partial charge in [0, 0.05) is 10.0 Å². The minimum absolute atomic E-state index is 0.231. The zero-order valence-electron chi connectivity index (χ0n) is 9.45. The Morgan fingerprint density at radius 1 is 1.28 bits per heavy atom. The summed E-state index contributed by atoms with van der Waals surface area (Å²) in [5.74, 6) is 0.134. The molecule has 0 aliphatic heterocycles. The number of aromatic nitrogens is 2. The van der Waals surface area contributed by atoms with Gasteiger partial charge in [0.25, 0.3) is 5.91 Å². The largest absolute Gasteiger partial charge is 0.305 e. The van der Waals surface area contributed by atoms with Crippen LogP contribution >= 0.6 is 27.5 Å². The van der Waals surface area contributed by atoms with E-state index in [1.807, 2.05) is 19.1 Å². The lowest BCUT2D eigenvalue weighted by atomic mass is 10.1. The second kappa shape index (κ2) is 5.46. The number of carbonyl (C=O) groups is 1. The summed E-state index contributed by atoms with van der Waals surface area (Å²) in [6.07, 6.45) is 0. The van der Waals surface area contributed by atoms with Crippen LogP contribution in [-0.4, -0.2) is 16.1 Å². The van der Waals surface area contributed by atoms with Gasteiger partial charge in [-0.2, -0.15) is 0 Å². The molecule has 1 N–H and O–H groups in total. The molecule has 0 atom stereocenters. The van der Waals surface area contributed by atoms with Crippen LogP contribution in [-0.2, 0) is 0 Å². The second-order valence-electron chi connectivity index (χ2n) is 3.65. The van der Waals surface area contributed by atoms with Gasteiger partial charge in [0.15, 0.2) is 11.0 Å². The molecule has 0 spiro atoms. The summed E-state index contributed by atoms with van der Waals surface area (Å²) < 4.78 is 0.848. The van der Waals surface area contributed by atoms with Crippen molar-refractivity contribution in [2.45, 2.75) is 6.92 Å². The smallest absolute Gasteiger partial charge is 0.257 e. The highest BCUT2D eigenvalue weighted by Gasteiger charge is 2.10. The Bertz CT molecular complexity index is 586. The number of benzene rings is 1. The summed E-state index contributed by atoms with van der Waals surface area (Å²) in [6, 6.07) is 8.67. The molecule has 0 fully saturated rings. The second-order valence-corrected chi connectivity index (χ2v) is 4.96. The van der Waals surface area contributed by atoms with Crippen LogP contribution in [0.2, 0.25) is 5.15 Å². The third-order valence-corrected chi connectivity index (χ3v) is 3.01. The molecule has 1 heterocycles. The van der Waals surface area contributed by atoms with E-state index < -0.39 is 0 Å². The van der Waals surface area contributed by atoms with Crippen LogP contribution in [0.4, 0.5) is 5.82 Å². The molecular weight excluding hydrogens is 318 g/mol. The molecule has 0 saturated carbocycles. The van der Waals surface area contributed by atoms with E-state index in [2.05, 4.69) is 31.4 Å². The maximum atomic E-state index is 12.0. The first-order valence-electron chi connectivity index (χ1n) is 5.13. The fraction of sp³-hybridized carbons (Fsp3) is 0.0833. The zero-order valence-corrected chi connectivity index (χ0v) is 11.8. The number of rotatable bonds is 2. The summed E-state index contributed by atoms with van der Waals surface area (Å²) >= 11 is 8.95. The fourth-order valence-corrected chi connectivity index (χ4v) is 1.87. The van der Waals surface area contributed by atoms with Crippen molar-refractivity contribution < 1.29 is 4.79 Å². The van der Waals surface area contributed by atoms with E-state index in [9.17, 15) is 4.79 Å². The molecule has 0 bridgehead atoms. The molecule has 0 radical (unpaired) electrons. The van der Waals surface area contributed by atoms with E-state index in [0.29, 0.717) is 11.4 Å². The average molecular weight is 327 g/mol. The number of aryl methyl sites for hydroxylation is 1. The maximum Gasteiger partial charge on any atom is 0.257 e. The quantitative estimate of drug-likeness (QED) is 0.919. The number of nitrogens with one attached hydrogen (secondary N) is 1. The van der Waals surface area contributed by atoms with Crippen molar-refractivity contribution >= 4 is 39.3 Å². The molecule has 1 aromatic carbocycles. The molecule has 1 amide bonds. The van der Waals surface area contributed by atoms with Crippen LogP contribution in [0, 0.1) is 6.92 Å². The molecular formula is C12H9BrClN3O. The minimum Gasteiger partial charge on any atom is -0.305 e. The average Bonchev–Trinajstić information content (AvgIpc) is 2.35. The van der Waals surface area contributed by atoms with E-state index in [0.717, 1.165) is 10.0 Å². The molecule has 18 heavy (non-hydrogen) atoms. The number of halogens is 2. The number of hydrogen-bond acceptors (Lipinski definition) is 3. The standard InChI is InChI=1S/C12H9BrClN3O/c1-7-2-3-8(13)6-9(7)12(18)15-11-5-4-10(14)16-17-11/h2-6H,1H3,(H,15,17,18). The number of nitrogens with zero attached hydrogens (tertiary/aromatic N) is 2. The van der Waals surface area contributed by atoms with E-state index in [1.165, 1.54) is 0 Å². The van der Waals surface area contributed by atoms with Gasteiger partial charge in [0.1, 0.15) is 0 Å².